The summed E-state index contributed by atoms with van der Waals surface area (Å²) in [4.78, 5) is 0. The van der Waals surface area contributed by atoms with Gasteiger partial charge < -0.3 is 0 Å². The average molecular weight is 379 g/mol. The van der Waals surface area contributed by atoms with Crippen molar-refractivity contribution in [1.82, 2.24) is 14.8 Å². The van der Waals surface area contributed by atoms with E-state index in [1.165, 1.54) is 30.0 Å². The van der Waals surface area contributed by atoms with Crippen LogP contribution in [0.4, 0.5) is 8.78 Å². The van der Waals surface area contributed by atoms with E-state index in [0.29, 0.717) is 22.3 Å². The first-order valence-corrected chi connectivity index (χ1v) is 9.34. The summed E-state index contributed by atoms with van der Waals surface area (Å²) in [5.41, 5.74) is 2.21. The van der Waals surface area contributed by atoms with Gasteiger partial charge >= 0.3 is 0 Å². The van der Waals surface area contributed by atoms with Gasteiger partial charge in [-0.25, -0.2) is 8.78 Å². The lowest BCUT2D eigenvalue weighted by molar-refractivity contribution is 0.627. The number of hydrogen-bond acceptors (Lipinski definition) is 3. The first-order chi connectivity index (χ1) is 13.2. The van der Waals surface area contributed by atoms with Gasteiger partial charge in [-0.15, -0.1) is 10.2 Å². The van der Waals surface area contributed by atoms with Gasteiger partial charge in [0.05, 0.1) is 5.56 Å². The number of thioether (sulfide) groups is 1. The summed E-state index contributed by atoms with van der Waals surface area (Å²) in [6, 6.07) is 22.5. The van der Waals surface area contributed by atoms with Gasteiger partial charge in [0.2, 0.25) is 0 Å². The highest BCUT2D eigenvalue weighted by atomic mass is 32.2. The minimum Gasteiger partial charge on any atom is -0.270 e. The average Bonchev–Trinajstić information content (AvgIpc) is 3.12. The molecule has 0 spiro atoms. The molecule has 4 rings (SSSR count). The number of hydrogen-bond donors (Lipinski definition) is 0. The predicted molar refractivity (Wildman–Crippen MR) is 103 cm³/mol. The Morgan fingerprint density at radius 2 is 1.48 bits per heavy atom. The fourth-order valence-corrected chi connectivity index (χ4v) is 3.63. The summed E-state index contributed by atoms with van der Waals surface area (Å²) in [6.45, 7) is 0. The maximum absolute atomic E-state index is 14.3. The topological polar surface area (TPSA) is 30.7 Å². The Balaban J connectivity index is 1.73. The predicted octanol–water partition coefficient (Wildman–Crippen LogP) is 5.50. The summed E-state index contributed by atoms with van der Waals surface area (Å²) in [5, 5.41) is 9.16. The van der Waals surface area contributed by atoms with E-state index in [1.54, 1.807) is 30.3 Å². The van der Waals surface area contributed by atoms with Crippen LogP contribution in [-0.2, 0) is 5.75 Å². The molecular formula is C21H15F2N3S. The zero-order valence-corrected chi connectivity index (χ0v) is 15.0. The zero-order chi connectivity index (χ0) is 18.6. The highest BCUT2D eigenvalue weighted by Gasteiger charge is 2.18. The minimum absolute atomic E-state index is 0.266. The Bertz CT molecular complexity index is 1050. The third-order valence-corrected chi connectivity index (χ3v) is 5.04. The van der Waals surface area contributed by atoms with Crippen molar-refractivity contribution in [1.29, 1.82) is 0 Å². The second-order valence-electron chi connectivity index (χ2n) is 5.87. The van der Waals surface area contributed by atoms with Crippen LogP contribution in [0.3, 0.4) is 0 Å². The van der Waals surface area contributed by atoms with Gasteiger partial charge in [0.1, 0.15) is 11.6 Å². The van der Waals surface area contributed by atoms with Crippen molar-refractivity contribution in [3.8, 4) is 17.1 Å². The molecule has 1 heterocycles. The molecule has 6 heteroatoms. The maximum Gasteiger partial charge on any atom is 0.196 e. The molecule has 0 aliphatic carbocycles. The molecule has 27 heavy (non-hydrogen) atoms. The van der Waals surface area contributed by atoms with Crippen LogP contribution in [0.5, 0.6) is 0 Å². The van der Waals surface area contributed by atoms with E-state index in [4.69, 9.17) is 0 Å². The van der Waals surface area contributed by atoms with Crippen LogP contribution in [-0.4, -0.2) is 14.8 Å². The van der Waals surface area contributed by atoms with Crippen molar-refractivity contribution < 1.29 is 8.78 Å². The number of aromatic nitrogens is 3. The van der Waals surface area contributed by atoms with Gasteiger partial charge in [0.25, 0.3) is 0 Å². The number of nitrogens with zero attached hydrogens (tertiary/aromatic N) is 3. The number of rotatable bonds is 5. The number of benzene rings is 3. The first-order valence-electron chi connectivity index (χ1n) is 8.35. The van der Waals surface area contributed by atoms with Gasteiger partial charge in [0.15, 0.2) is 11.0 Å². The van der Waals surface area contributed by atoms with Crippen molar-refractivity contribution in [3.05, 3.63) is 96.1 Å². The molecule has 134 valence electrons. The highest BCUT2D eigenvalue weighted by Crippen LogP contribution is 2.30. The van der Waals surface area contributed by atoms with Gasteiger partial charge in [-0.3, -0.25) is 4.57 Å². The van der Waals surface area contributed by atoms with Crippen LogP contribution >= 0.6 is 11.8 Å². The number of halogens is 2. The van der Waals surface area contributed by atoms with Crippen molar-refractivity contribution in [2.24, 2.45) is 0 Å². The van der Waals surface area contributed by atoms with Crippen LogP contribution in [0.15, 0.2) is 84.0 Å². The number of para-hydroxylation sites is 1. The Morgan fingerprint density at radius 1 is 0.778 bits per heavy atom. The molecule has 0 unspecified atom stereocenters. The molecule has 0 radical (unpaired) electrons. The van der Waals surface area contributed by atoms with E-state index in [1.807, 2.05) is 34.9 Å². The van der Waals surface area contributed by atoms with E-state index >= 15 is 0 Å². The zero-order valence-electron chi connectivity index (χ0n) is 14.2. The van der Waals surface area contributed by atoms with Crippen LogP contribution in [0, 0.1) is 11.6 Å². The first kappa shape index (κ1) is 17.4. The van der Waals surface area contributed by atoms with Crippen molar-refractivity contribution >= 4 is 11.8 Å². The molecular weight excluding hydrogens is 364 g/mol. The lowest BCUT2D eigenvalue weighted by atomic mass is 10.2. The lowest BCUT2D eigenvalue weighted by Crippen LogP contribution is -2.00. The normalized spacial score (nSPS) is 10.9. The Kier molecular flexibility index (Phi) is 4.98. The molecule has 0 saturated heterocycles. The van der Waals surface area contributed by atoms with Crippen LogP contribution < -0.4 is 0 Å². The Hall–Kier alpha value is -2.99. The maximum atomic E-state index is 14.3. The van der Waals surface area contributed by atoms with Gasteiger partial charge in [-0.1, -0.05) is 54.2 Å². The van der Waals surface area contributed by atoms with Crippen molar-refractivity contribution in [3.63, 3.8) is 0 Å². The third kappa shape index (κ3) is 3.75. The van der Waals surface area contributed by atoms with E-state index in [0.717, 1.165) is 11.3 Å². The fraction of sp³-hybridized carbons (Fsp3) is 0.0476. The molecule has 0 aliphatic rings. The SMILES string of the molecule is Fc1ccc(CSc2nnc(-c3ccccc3F)n2-c2ccccc2)cc1. The van der Waals surface area contributed by atoms with Crippen molar-refractivity contribution in [2.75, 3.05) is 0 Å². The molecule has 0 amide bonds. The Morgan fingerprint density at radius 3 is 2.22 bits per heavy atom. The molecule has 3 aromatic carbocycles. The summed E-state index contributed by atoms with van der Waals surface area (Å²) in [6.07, 6.45) is 0. The summed E-state index contributed by atoms with van der Waals surface area (Å²) < 4.78 is 29.3. The quantitative estimate of drug-likeness (QED) is 0.429. The molecule has 3 nitrogen and oxygen atoms in total. The van der Waals surface area contributed by atoms with E-state index in [9.17, 15) is 8.78 Å². The molecule has 0 aliphatic heterocycles. The molecule has 0 atom stereocenters. The van der Waals surface area contributed by atoms with E-state index in [-0.39, 0.29) is 11.6 Å². The summed E-state index contributed by atoms with van der Waals surface area (Å²) in [7, 11) is 0. The molecule has 1 aromatic heterocycles. The monoisotopic (exact) mass is 379 g/mol. The second-order valence-corrected chi connectivity index (χ2v) is 6.81. The third-order valence-electron chi connectivity index (χ3n) is 4.04. The molecule has 4 aromatic rings. The van der Waals surface area contributed by atoms with Crippen LogP contribution in [0.25, 0.3) is 17.1 Å². The molecule has 0 saturated carbocycles. The summed E-state index contributed by atoms with van der Waals surface area (Å²) >= 11 is 1.47. The van der Waals surface area contributed by atoms with E-state index in [2.05, 4.69) is 10.2 Å². The smallest absolute Gasteiger partial charge is 0.196 e. The van der Waals surface area contributed by atoms with Gasteiger partial charge in [0, 0.05) is 11.4 Å². The van der Waals surface area contributed by atoms with Gasteiger partial charge in [-0.05, 0) is 42.0 Å². The second kappa shape index (κ2) is 7.72. The summed E-state index contributed by atoms with van der Waals surface area (Å²) in [5.74, 6) is 0.429. The molecule has 0 N–H and O–H groups in total. The lowest BCUT2D eigenvalue weighted by Gasteiger charge is -2.10. The largest absolute Gasteiger partial charge is 0.270 e. The Labute approximate surface area is 159 Å². The highest BCUT2D eigenvalue weighted by molar-refractivity contribution is 7.98. The molecule has 0 fully saturated rings. The fourth-order valence-electron chi connectivity index (χ4n) is 2.72. The van der Waals surface area contributed by atoms with Crippen LogP contribution in [0.1, 0.15) is 5.56 Å². The minimum atomic E-state index is -0.350. The van der Waals surface area contributed by atoms with Crippen molar-refractivity contribution in [2.45, 2.75) is 10.9 Å². The van der Waals surface area contributed by atoms with E-state index < -0.39 is 0 Å². The standard InChI is InChI=1S/C21H15F2N3S/c22-16-12-10-15(11-13-16)14-27-21-25-24-20(18-8-4-5-9-19(18)23)26(21)17-6-2-1-3-7-17/h1-13H,14H2. The van der Waals surface area contributed by atoms with Gasteiger partial charge in [-0.2, -0.15) is 0 Å². The molecule has 0 bridgehead atoms. The van der Waals surface area contributed by atoms with Crippen LogP contribution in [0.2, 0.25) is 0 Å².